The van der Waals surface area contributed by atoms with Gasteiger partial charge in [0.05, 0.1) is 12.0 Å². The molecule has 4 atom stereocenters. The Morgan fingerprint density at radius 2 is 2.17 bits per heavy atom. The van der Waals surface area contributed by atoms with Gasteiger partial charge >= 0.3 is 7.12 Å². The first-order chi connectivity index (χ1) is 10.8. The highest BCUT2D eigenvalue weighted by Crippen LogP contribution is 2.42. The van der Waals surface area contributed by atoms with E-state index in [1.165, 1.54) is 10.8 Å². The highest BCUT2D eigenvalue weighted by atomic mass is 19.1. The average molecular weight is 326 g/mol. The summed E-state index contributed by atoms with van der Waals surface area (Å²) in [6.07, 6.45) is -1.63. The summed E-state index contributed by atoms with van der Waals surface area (Å²) in [4.78, 5) is 7.77. The van der Waals surface area contributed by atoms with Crippen LogP contribution in [0, 0.1) is 0 Å². The largest absolute Gasteiger partial charge is 0.490 e. The molecule has 11 heteroatoms. The third-order valence-electron chi connectivity index (χ3n) is 4.10. The number of nitrogen functional groups attached to an aromatic ring is 1. The minimum Gasteiger partial charge on any atom is -0.423 e. The van der Waals surface area contributed by atoms with Gasteiger partial charge in [-0.2, -0.15) is 0 Å². The van der Waals surface area contributed by atoms with Crippen LogP contribution >= 0.6 is 0 Å². The molecule has 2 aromatic rings. The van der Waals surface area contributed by atoms with E-state index in [4.69, 9.17) is 10.5 Å². The lowest BCUT2D eigenvalue weighted by molar-refractivity contribution is -0.0563. The highest BCUT2D eigenvalue weighted by molar-refractivity contribution is 6.62. The van der Waals surface area contributed by atoms with Crippen LogP contribution in [0.2, 0.25) is 0 Å². The van der Waals surface area contributed by atoms with Crippen LogP contribution in [0.25, 0.3) is 11.0 Å². The Morgan fingerprint density at radius 1 is 1.48 bits per heavy atom. The molecule has 0 aliphatic carbocycles. The molecule has 9 nitrogen and oxygen atoms in total. The number of hydrogen-bond acceptors (Lipinski definition) is 8. The van der Waals surface area contributed by atoms with Gasteiger partial charge in [0.2, 0.25) is 0 Å². The van der Waals surface area contributed by atoms with Crippen LogP contribution in [-0.2, 0) is 4.74 Å². The van der Waals surface area contributed by atoms with Crippen molar-refractivity contribution >= 4 is 29.4 Å². The first-order valence-corrected chi connectivity index (χ1v) is 6.89. The molecule has 124 valence electrons. The van der Waals surface area contributed by atoms with Crippen LogP contribution in [-0.4, -0.2) is 66.4 Å². The fourth-order valence-electron chi connectivity index (χ4n) is 2.88. The number of aromatic nitrogens is 3. The summed E-state index contributed by atoms with van der Waals surface area (Å²) in [5, 5.41) is 38.3. The summed E-state index contributed by atoms with van der Waals surface area (Å²) in [6, 6.07) is 0. The monoisotopic (exact) mass is 326 g/mol. The average Bonchev–Trinajstić information content (AvgIpc) is 2.97. The quantitative estimate of drug-likeness (QED) is 0.395. The normalized spacial score (nSPS) is 31.0. The second-order valence-corrected chi connectivity index (χ2v) is 5.63. The van der Waals surface area contributed by atoms with E-state index in [9.17, 15) is 24.7 Å². The van der Waals surface area contributed by atoms with Crippen molar-refractivity contribution in [2.75, 3.05) is 12.3 Å². The van der Waals surface area contributed by atoms with Crippen LogP contribution in [0.5, 0.6) is 0 Å². The standard InChI is InChI=1S/C12H16BFN4O5/c1-12(14)8(20)6(3-19)23-11(12)18-2-5(13(21)22)7-9(15)16-4-17-10(7)18/h2,4,6,8,11,19-22H,3H2,1H3,(H2,15,16,17)/t6?,8-,11?,12-/m1/s1. The van der Waals surface area contributed by atoms with Gasteiger partial charge in [0, 0.05) is 11.7 Å². The summed E-state index contributed by atoms with van der Waals surface area (Å²) in [6.45, 7) is 0.562. The second kappa shape index (κ2) is 5.39. The zero-order valence-corrected chi connectivity index (χ0v) is 12.2. The van der Waals surface area contributed by atoms with E-state index in [1.54, 1.807) is 0 Å². The Bertz CT molecular complexity index is 740. The predicted octanol–water partition coefficient (Wildman–Crippen LogP) is -2.33. The minimum atomic E-state index is -2.24. The van der Waals surface area contributed by atoms with E-state index >= 15 is 0 Å². The van der Waals surface area contributed by atoms with E-state index < -0.39 is 37.8 Å². The predicted molar refractivity (Wildman–Crippen MR) is 78.3 cm³/mol. The molecule has 0 spiro atoms. The number of nitrogens with two attached hydrogens (primary N) is 1. The summed E-state index contributed by atoms with van der Waals surface area (Å²) < 4.78 is 21.5. The minimum absolute atomic E-state index is 0.00494. The smallest absolute Gasteiger partial charge is 0.423 e. The Morgan fingerprint density at radius 3 is 2.74 bits per heavy atom. The van der Waals surface area contributed by atoms with Crippen molar-refractivity contribution in [3.63, 3.8) is 0 Å². The van der Waals surface area contributed by atoms with Crippen molar-refractivity contribution in [2.24, 2.45) is 0 Å². The van der Waals surface area contributed by atoms with Gasteiger partial charge in [-0.25, -0.2) is 14.4 Å². The number of rotatable bonds is 3. The van der Waals surface area contributed by atoms with Crippen molar-refractivity contribution in [3.8, 4) is 0 Å². The van der Waals surface area contributed by atoms with E-state index in [0.29, 0.717) is 0 Å². The molecule has 1 fully saturated rings. The third kappa shape index (κ3) is 2.28. The van der Waals surface area contributed by atoms with Crippen molar-refractivity contribution < 1.29 is 29.4 Å². The van der Waals surface area contributed by atoms with Gasteiger partial charge in [-0.1, -0.05) is 0 Å². The van der Waals surface area contributed by atoms with E-state index in [2.05, 4.69) is 9.97 Å². The fraction of sp³-hybridized carbons (Fsp3) is 0.500. The molecule has 0 amide bonds. The Balaban J connectivity index is 2.19. The number of hydrogen-bond donors (Lipinski definition) is 5. The van der Waals surface area contributed by atoms with Crippen molar-refractivity contribution in [3.05, 3.63) is 12.5 Å². The zero-order valence-electron chi connectivity index (χ0n) is 12.2. The number of ether oxygens (including phenoxy) is 1. The molecule has 1 saturated heterocycles. The first kappa shape index (κ1) is 16.1. The Kier molecular flexibility index (Phi) is 3.77. The first-order valence-electron chi connectivity index (χ1n) is 6.89. The van der Waals surface area contributed by atoms with Crippen molar-refractivity contribution in [1.29, 1.82) is 0 Å². The zero-order chi connectivity index (χ0) is 16.9. The van der Waals surface area contributed by atoms with Gasteiger partial charge in [0.15, 0.2) is 11.9 Å². The Hall–Kier alpha value is -1.79. The molecular formula is C12H16BFN4O5. The maximum absolute atomic E-state index is 14.9. The molecular weight excluding hydrogens is 310 g/mol. The molecule has 0 aromatic carbocycles. The number of fused-ring (bicyclic) bond motifs is 1. The molecule has 6 N–H and O–H groups in total. The van der Waals surface area contributed by atoms with Gasteiger partial charge in [0.1, 0.15) is 30.0 Å². The van der Waals surface area contributed by atoms with Gasteiger partial charge in [-0.15, -0.1) is 0 Å². The molecule has 0 bridgehead atoms. The number of alkyl halides is 1. The molecule has 23 heavy (non-hydrogen) atoms. The third-order valence-corrected chi connectivity index (χ3v) is 4.10. The molecule has 2 aromatic heterocycles. The fourth-order valence-corrected chi connectivity index (χ4v) is 2.88. The number of halogens is 1. The lowest BCUT2D eigenvalue weighted by Gasteiger charge is -2.25. The van der Waals surface area contributed by atoms with E-state index in [0.717, 1.165) is 13.3 Å². The van der Waals surface area contributed by atoms with Gasteiger partial charge in [0.25, 0.3) is 0 Å². The Labute approximate surface area is 130 Å². The molecule has 0 saturated carbocycles. The number of nitrogens with zero attached hydrogens (tertiary/aromatic N) is 3. The summed E-state index contributed by atoms with van der Waals surface area (Å²) >= 11 is 0. The lowest BCUT2D eigenvalue weighted by atomic mass is 9.80. The van der Waals surface area contributed by atoms with Gasteiger partial charge in [-0.05, 0) is 6.92 Å². The maximum atomic E-state index is 14.9. The molecule has 2 unspecified atom stereocenters. The van der Waals surface area contributed by atoms with Crippen LogP contribution < -0.4 is 11.2 Å². The highest BCUT2D eigenvalue weighted by Gasteiger charge is 2.55. The number of anilines is 1. The van der Waals surface area contributed by atoms with E-state index in [1.807, 2.05) is 0 Å². The topological polar surface area (TPSA) is 147 Å². The van der Waals surface area contributed by atoms with Crippen molar-refractivity contribution in [2.45, 2.75) is 31.0 Å². The van der Waals surface area contributed by atoms with Crippen LogP contribution in [0.3, 0.4) is 0 Å². The molecule has 1 aliphatic rings. The van der Waals surface area contributed by atoms with Gasteiger partial charge < -0.3 is 35.3 Å². The SMILES string of the molecule is C[C@]1(F)C(n2cc(B(O)O)c3c(N)ncnc32)OC(CO)[C@H]1O. The number of aliphatic hydroxyl groups excluding tert-OH is 2. The second-order valence-electron chi connectivity index (χ2n) is 5.63. The molecule has 0 radical (unpaired) electrons. The summed E-state index contributed by atoms with van der Waals surface area (Å²) in [5.74, 6) is -0.00494. The van der Waals surface area contributed by atoms with E-state index in [-0.39, 0.29) is 22.3 Å². The lowest BCUT2D eigenvalue weighted by Crippen LogP contribution is -2.40. The maximum Gasteiger partial charge on any atom is 0.490 e. The van der Waals surface area contributed by atoms with Crippen LogP contribution in [0.1, 0.15) is 13.2 Å². The van der Waals surface area contributed by atoms with Crippen LogP contribution in [0.15, 0.2) is 12.5 Å². The molecule has 3 rings (SSSR count). The van der Waals surface area contributed by atoms with Gasteiger partial charge in [-0.3, -0.25) is 0 Å². The van der Waals surface area contributed by atoms with Crippen LogP contribution in [0.4, 0.5) is 10.2 Å². The number of aliphatic hydroxyl groups is 2. The molecule has 3 heterocycles. The van der Waals surface area contributed by atoms with Crippen molar-refractivity contribution in [1.82, 2.24) is 14.5 Å². The molecule has 1 aliphatic heterocycles. The summed E-state index contributed by atoms with van der Waals surface area (Å²) in [7, 11) is -1.88. The summed E-state index contributed by atoms with van der Waals surface area (Å²) in [5.41, 5.74) is 3.62.